The minimum Gasteiger partial charge on any atom is -0.442 e. The number of nitrogens with zero attached hydrogens (tertiary/aromatic N) is 6. The standard InChI is InChI=1S/C13H11F3N6O/c14-13(15,16)8-3-10(11-5-18-7-23-11)19-12(4-8)22-2-1-9(6-22)20-21-17/h3-5,7,9H,1-2,6H2. The highest BCUT2D eigenvalue weighted by atomic mass is 19.4. The molecule has 0 spiro atoms. The maximum atomic E-state index is 13.1. The van der Waals surface area contributed by atoms with Crippen LogP contribution in [0.15, 0.2) is 34.3 Å². The molecule has 0 N–H and O–H groups in total. The second-order valence-corrected chi connectivity index (χ2v) is 5.06. The lowest BCUT2D eigenvalue weighted by Gasteiger charge is -2.19. The summed E-state index contributed by atoms with van der Waals surface area (Å²) < 4.78 is 44.4. The molecule has 1 saturated heterocycles. The normalized spacial score (nSPS) is 18.0. The molecule has 0 bridgehead atoms. The maximum Gasteiger partial charge on any atom is 0.416 e. The molecule has 3 heterocycles. The van der Waals surface area contributed by atoms with Crippen LogP contribution in [-0.2, 0) is 6.18 Å². The molecule has 120 valence electrons. The summed E-state index contributed by atoms with van der Waals surface area (Å²) in [6.45, 7) is 0.794. The Labute approximate surface area is 128 Å². The molecule has 3 rings (SSSR count). The van der Waals surface area contributed by atoms with Gasteiger partial charge in [0.25, 0.3) is 0 Å². The average molecular weight is 324 g/mol. The molecule has 0 saturated carbocycles. The summed E-state index contributed by atoms with van der Waals surface area (Å²) in [5, 5.41) is 3.60. The molecule has 2 aromatic rings. The third kappa shape index (κ3) is 3.21. The van der Waals surface area contributed by atoms with E-state index in [-0.39, 0.29) is 23.3 Å². The Hall–Kier alpha value is -2.74. The van der Waals surface area contributed by atoms with Gasteiger partial charge in [0.15, 0.2) is 12.2 Å². The van der Waals surface area contributed by atoms with Crippen LogP contribution in [0.25, 0.3) is 21.9 Å². The molecule has 0 amide bonds. The number of hydrogen-bond donors (Lipinski definition) is 0. The van der Waals surface area contributed by atoms with Crippen molar-refractivity contribution in [3.8, 4) is 11.5 Å². The van der Waals surface area contributed by atoms with Gasteiger partial charge >= 0.3 is 6.18 Å². The summed E-state index contributed by atoms with van der Waals surface area (Å²) in [7, 11) is 0. The van der Waals surface area contributed by atoms with E-state index in [0.29, 0.717) is 19.5 Å². The minimum atomic E-state index is -4.50. The molecule has 1 aliphatic rings. The number of rotatable bonds is 3. The van der Waals surface area contributed by atoms with Gasteiger partial charge in [0, 0.05) is 18.0 Å². The van der Waals surface area contributed by atoms with Crippen molar-refractivity contribution in [1.82, 2.24) is 9.97 Å². The fraction of sp³-hybridized carbons (Fsp3) is 0.385. The van der Waals surface area contributed by atoms with Gasteiger partial charge in [-0.1, -0.05) is 5.11 Å². The van der Waals surface area contributed by atoms with Gasteiger partial charge in [-0.2, -0.15) is 13.2 Å². The molecule has 0 radical (unpaired) electrons. The molecule has 1 aliphatic heterocycles. The highest BCUT2D eigenvalue weighted by Crippen LogP contribution is 2.35. The van der Waals surface area contributed by atoms with Crippen molar-refractivity contribution in [2.24, 2.45) is 5.11 Å². The van der Waals surface area contributed by atoms with Gasteiger partial charge in [-0.15, -0.1) is 0 Å². The second-order valence-electron chi connectivity index (χ2n) is 5.06. The molecule has 1 fully saturated rings. The third-order valence-corrected chi connectivity index (χ3v) is 3.53. The van der Waals surface area contributed by atoms with E-state index in [1.54, 1.807) is 4.90 Å². The van der Waals surface area contributed by atoms with Crippen molar-refractivity contribution in [2.75, 3.05) is 18.0 Å². The van der Waals surface area contributed by atoms with Gasteiger partial charge in [-0.05, 0) is 24.1 Å². The van der Waals surface area contributed by atoms with Gasteiger partial charge in [-0.3, -0.25) is 0 Å². The molecule has 2 aromatic heterocycles. The molecule has 0 aromatic carbocycles. The van der Waals surface area contributed by atoms with Crippen LogP contribution in [0.2, 0.25) is 0 Å². The Morgan fingerprint density at radius 2 is 2.22 bits per heavy atom. The second kappa shape index (κ2) is 5.81. The van der Waals surface area contributed by atoms with Crippen molar-refractivity contribution in [3.05, 3.63) is 40.7 Å². The van der Waals surface area contributed by atoms with E-state index in [9.17, 15) is 13.2 Å². The van der Waals surface area contributed by atoms with Gasteiger partial charge in [0.2, 0.25) is 0 Å². The van der Waals surface area contributed by atoms with E-state index in [2.05, 4.69) is 20.0 Å². The van der Waals surface area contributed by atoms with Crippen LogP contribution in [0.3, 0.4) is 0 Å². The van der Waals surface area contributed by atoms with Crippen molar-refractivity contribution >= 4 is 5.82 Å². The molecule has 7 nitrogen and oxygen atoms in total. The Morgan fingerprint density at radius 3 is 2.87 bits per heavy atom. The topological polar surface area (TPSA) is 90.9 Å². The van der Waals surface area contributed by atoms with Gasteiger partial charge < -0.3 is 9.32 Å². The summed E-state index contributed by atoms with van der Waals surface area (Å²) in [5.41, 5.74) is 7.70. The van der Waals surface area contributed by atoms with E-state index >= 15 is 0 Å². The number of anilines is 1. The van der Waals surface area contributed by atoms with Crippen LogP contribution in [0.5, 0.6) is 0 Å². The van der Waals surface area contributed by atoms with Crippen LogP contribution < -0.4 is 4.90 Å². The first-order valence-electron chi connectivity index (χ1n) is 6.74. The van der Waals surface area contributed by atoms with Crippen LogP contribution in [-0.4, -0.2) is 29.1 Å². The first-order valence-corrected chi connectivity index (χ1v) is 6.74. The number of halogens is 3. The van der Waals surface area contributed by atoms with E-state index < -0.39 is 11.7 Å². The van der Waals surface area contributed by atoms with Crippen LogP contribution >= 0.6 is 0 Å². The smallest absolute Gasteiger partial charge is 0.416 e. The van der Waals surface area contributed by atoms with E-state index in [4.69, 9.17) is 9.95 Å². The lowest BCUT2D eigenvalue weighted by Crippen LogP contribution is -2.22. The number of hydrogen-bond acceptors (Lipinski definition) is 5. The average Bonchev–Trinajstić information content (AvgIpc) is 3.18. The summed E-state index contributed by atoms with van der Waals surface area (Å²) in [4.78, 5) is 12.3. The molecule has 23 heavy (non-hydrogen) atoms. The van der Waals surface area contributed by atoms with Gasteiger partial charge in [-0.25, -0.2) is 9.97 Å². The summed E-state index contributed by atoms with van der Waals surface area (Å²) >= 11 is 0. The predicted octanol–water partition coefficient (Wildman–Crippen LogP) is 3.64. The number of aromatic nitrogens is 2. The Morgan fingerprint density at radius 1 is 1.39 bits per heavy atom. The fourth-order valence-electron chi connectivity index (χ4n) is 2.43. The number of pyridine rings is 1. The zero-order chi connectivity index (χ0) is 16.4. The molecular formula is C13H11F3N6O. The van der Waals surface area contributed by atoms with Crippen LogP contribution in [0.4, 0.5) is 19.0 Å². The Bertz CT molecular complexity index is 739. The zero-order valence-electron chi connectivity index (χ0n) is 11.7. The quantitative estimate of drug-likeness (QED) is 0.489. The first kappa shape index (κ1) is 15.2. The molecule has 0 aliphatic carbocycles. The van der Waals surface area contributed by atoms with Crippen molar-refractivity contribution in [2.45, 2.75) is 18.6 Å². The molecular weight excluding hydrogens is 313 g/mol. The SMILES string of the molecule is [N-]=[N+]=NC1CCN(c2cc(C(F)(F)F)cc(-c3cnco3)n2)C1. The summed E-state index contributed by atoms with van der Waals surface area (Å²) in [6, 6.07) is 1.63. The summed E-state index contributed by atoms with van der Waals surface area (Å²) in [5.74, 6) is 0.324. The Balaban J connectivity index is 2.00. The van der Waals surface area contributed by atoms with Crippen LogP contribution in [0.1, 0.15) is 12.0 Å². The maximum absolute atomic E-state index is 13.1. The number of oxazole rings is 1. The fourth-order valence-corrected chi connectivity index (χ4v) is 2.43. The number of alkyl halides is 3. The number of azide groups is 1. The Kier molecular flexibility index (Phi) is 3.83. The third-order valence-electron chi connectivity index (χ3n) is 3.53. The van der Waals surface area contributed by atoms with E-state index in [1.807, 2.05) is 0 Å². The lowest BCUT2D eigenvalue weighted by molar-refractivity contribution is -0.137. The van der Waals surface area contributed by atoms with Crippen molar-refractivity contribution < 1.29 is 17.6 Å². The minimum absolute atomic E-state index is 0.0551. The largest absolute Gasteiger partial charge is 0.442 e. The summed E-state index contributed by atoms with van der Waals surface area (Å²) in [6.07, 6.45) is -1.50. The van der Waals surface area contributed by atoms with E-state index in [1.165, 1.54) is 6.20 Å². The van der Waals surface area contributed by atoms with Gasteiger partial charge in [0.1, 0.15) is 11.5 Å². The van der Waals surface area contributed by atoms with Gasteiger partial charge in [0.05, 0.1) is 17.8 Å². The predicted molar refractivity (Wildman–Crippen MR) is 74.5 cm³/mol. The highest BCUT2D eigenvalue weighted by Gasteiger charge is 2.33. The van der Waals surface area contributed by atoms with Crippen LogP contribution in [0, 0.1) is 0 Å². The zero-order valence-corrected chi connectivity index (χ0v) is 11.7. The lowest BCUT2D eigenvalue weighted by atomic mass is 10.2. The van der Waals surface area contributed by atoms with Crippen molar-refractivity contribution in [3.63, 3.8) is 0 Å². The highest BCUT2D eigenvalue weighted by molar-refractivity contribution is 5.58. The first-order chi connectivity index (χ1) is 11.0. The molecule has 1 unspecified atom stereocenters. The monoisotopic (exact) mass is 324 g/mol. The molecule has 1 atom stereocenters. The van der Waals surface area contributed by atoms with E-state index in [0.717, 1.165) is 18.5 Å². The van der Waals surface area contributed by atoms with Crippen molar-refractivity contribution in [1.29, 1.82) is 0 Å². The molecule has 10 heteroatoms.